The molecular formula is C22H19N5O2. The van der Waals surface area contributed by atoms with Crippen LogP contribution in [-0.4, -0.2) is 14.9 Å². The molecule has 0 unspecified atom stereocenters. The number of hydrogen-bond acceptors (Lipinski definition) is 6. The van der Waals surface area contributed by atoms with Gasteiger partial charge in [-0.2, -0.15) is 0 Å². The van der Waals surface area contributed by atoms with E-state index in [4.69, 9.17) is 0 Å². The van der Waals surface area contributed by atoms with Crippen molar-refractivity contribution >= 4 is 39.5 Å². The van der Waals surface area contributed by atoms with E-state index in [1.165, 1.54) is 6.33 Å². The Hall–Kier alpha value is -4.00. The lowest BCUT2D eigenvalue weighted by Gasteiger charge is -2.13. The Bertz CT molecular complexity index is 1220. The predicted molar refractivity (Wildman–Crippen MR) is 115 cm³/mol. The van der Waals surface area contributed by atoms with Gasteiger partial charge in [0.25, 0.3) is 0 Å². The van der Waals surface area contributed by atoms with E-state index in [1.807, 2.05) is 74.5 Å². The molecular weight excluding hydrogens is 366 g/mol. The number of aromatic nitrogens is 2. The van der Waals surface area contributed by atoms with E-state index in [-0.39, 0.29) is 17.3 Å². The average Bonchev–Trinajstić information content (AvgIpc) is 2.72. The van der Waals surface area contributed by atoms with E-state index in [1.54, 1.807) is 0 Å². The molecule has 0 fully saturated rings. The molecule has 7 nitrogen and oxygen atoms in total. The van der Waals surface area contributed by atoms with E-state index in [0.717, 1.165) is 33.3 Å². The number of fused-ring (bicyclic) bond motifs is 1. The first-order valence-corrected chi connectivity index (χ1v) is 9.12. The van der Waals surface area contributed by atoms with Gasteiger partial charge in [-0.25, -0.2) is 9.97 Å². The predicted octanol–water partition coefficient (Wildman–Crippen LogP) is 5.64. The number of aryl methyl sites for hydroxylation is 1. The van der Waals surface area contributed by atoms with Crippen LogP contribution in [0.4, 0.5) is 28.7 Å². The highest BCUT2D eigenvalue weighted by molar-refractivity contribution is 5.96. The van der Waals surface area contributed by atoms with Crippen molar-refractivity contribution in [3.63, 3.8) is 0 Å². The number of nitrogens with zero attached hydrogens (tertiary/aromatic N) is 3. The molecule has 0 saturated heterocycles. The summed E-state index contributed by atoms with van der Waals surface area (Å²) in [5, 5.41) is 20.1. The van der Waals surface area contributed by atoms with Gasteiger partial charge in [0.2, 0.25) is 11.6 Å². The zero-order valence-electron chi connectivity index (χ0n) is 16.0. The molecule has 0 aliphatic rings. The highest BCUT2D eigenvalue weighted by Crippen LogP contribution is 2.35. The third kappa shape index (κ3) is 3.58. The van der Waals surface area contributed by atoms with Crippen molar-refractivity contribution in [3.05, 3.63) is 88.2 Å². The molecule has 0 amide bonds. The van der Waals surface area contributed by atoms with Gasteiger partial charge < -0.3 is 10.6 Å². The Morgan fingerprint density at radius 3 is 2.21 bits per heavy atom. The monoisotopic (exact) mass is 385 g/mol. The first kappa shape index (κ1) is 18.4. The maximum Gasteiger partial charge on any atom is 0.353 e. The summed E-state index contributed by atoms with van der Waals surface area (Å²) in [5.41, 5.74) is 3.39. The van der Waals surface area contributed by atoms with Gasteiger partial charge in [-0.1, -0.05) is 48.5 Å². The second kappa shape index (κ2) is 7.55. The minimum absolute atomic E-state index is 0.133. The quantitative estimate of drug-likeness (QED) is 0.341. The number of anilines is 4. The van der Waals surface area contributed by atoms with Crippen LogP contribution in [0, 0.1) is 24.0 Å². The van der Waals surface area contributed by atoms with Crippen LogP contribution in [0.5, 0.6) is 0 Å². The van der Waals surface area contributed by atoms with Crippen molar-refractivity contribution < 1.29 is 4.92 Å². The molecule has 1 heterocycles. The summed E-state index contributed by atoms with van der Waals surface area (Å²) in [7, 11) is 0. The summed E-state index contributed by atoms with van der Waals surface area (Å²) in [5.74, 6) is 0.274. The van der Waals surface area contributed by atoms with Gasteiger partial charge in [0.1, 0.15) is 6.33 Å². The molecule has 144 valence electrons. The van der Waals surface area contributed by atoms with Crippen LogP contribution in [0.15, 0.2) is 67.0 Å². The lowest BCUT2D eigenvalue weighted by Crippen LogP contribution is -2.06. The van der Waals surface area contributed by atoms with Crippen molar-refractivity contribution in [2.45, 2.75) is 13.8 Å². The summed E-state index contributed by atoms with van der Waals surface area (Å²) >= 11 is 0. The van der Waals surface area contributed by atoms with Gasteiger partial charge in [-0.05, 0) is 42.5 Å². The van der Waals surface area contributed by atoms with Crippen LogP contribution in [0.3, 0.4) is 0 Å². The third-order valence-corrected chi connectivity index (χ3v) is 4.91. The first-order valence-electron chi connectivity index (χ1n) is 9.12. The molecule has 1 aromatic heterocycles. The molecule has 2 N–H and O–H groups in total. The zero-order chi connectivity index (χ0) is 20.4. The number of nitro groups is 1. The van der Waals surface area contributed by atoms with E-state index in [9.17, 15) is 10.1 Å². The van der Waals surface area contributed by atoms with Crippen LogP contribution in [0.1, 0.15) is 11.1 Å². The van der Waals surface area contributed by atoms with E-state index < -0.39 is 4.92 Å². The molecule has 0 saturated carbocycles. The largest absolute Gasteiger partial charge is 0.353 e. The molecule has 0 aliphatic carbocycles. The van der Waals surface area contributed by atoms with Gasteiger partial charge in [0.15, 0.2) is 0 Å². The molecule has 0 aliphatic heterocycles. The smallest absolute Gasteiger partial charge is 0.334 e. The molecule has 0 atom stereocenters. The van der Waals surface area contributed by atoms with Gasteiger partial charge in [-0.15, -0.1) is 0 Å². The SMILES string of the molecule is Cc1cccc(Nc2ncnc(Nc3cccc4ccccc34)c2[N+](=O)[O-])c1C. The van der Waals surface area contributed by atoms with Crippen molar-refractivity contribution in [3.8, 4) is 0 Å². The molecule has 0 bridgehead atoms. The normalized spacial score (nSPS) is 10.7. The van der Waals surface area contributed by atoms with Crippen molar-refractivity contribution in [2.24, 2.45) is 0 Å². The van der Waals surface area contributed by atoms with Crippen LogP contribution >= 0.6 is 0 Å². The first-order chi connectivity index (χ1) is 14.0. The minimum Gasteiger partial charge on any atom is -0.334 e. The number of nitrogens with one attached hydrogen (secondary N) is 2. The van der Waals surface area contributed by atoms with Crippen molar-refractivity contribution in [2.75, 3.05) is 10.6 Å². The number of hydrogen-bond donors (Lipinski definition) is 2. The van der Waals surface area contributed by atoms with Crippen LogP contribution in [0.2, 0.25) is 0 Å². The lowest BCUT2D eigenvalue weighted by molar-refractivity contribution is -0.383. The molecule has 0 spiro atoms. The minimum atomic E-state index is -0.471. The fourth-order valence-electron chi connectivity index (χ4n) is 3.21. The second-order valence-corrected chi connectivity index (χ2v) is 6.70. The zero-order valence-corrected chi connectivity index (χ0v) is 16.0. The lowest BCUT2D eigenvalue weighted by atomic mass is 10.1. The van der Waals surface area contributed by atoms with E-state index >= 15 is 0 Å². The molecule has 4 rings (SSSR count). The molecule has 3 aromatic carbocycles. The molecule has 7 heteroatoms. The van der Waals surface area contributed by atoms with Crippen molar-refractivity contribution in [1.29, 1.82) is 0 Å². The van der Waals surface area contributed by atoms with Crippen LogP contribution < -0.4 is 10.6 Å². The van der Waals surface area contributed by atoms with Gasteiger partial charge in [0.05, 0.1) is 4.92 Å². The highest BCUT2D eigenvalue weighted by Gasteiger charge is 2.24. The van der Waals surface area contributed by atoms with Crippen molar-refractivity contribution in [1.82, 2.24) is 9.97 Å². The fourth-order valence-corrected chi connectivity index (χ4v) is 3.21. The number of rotatable bonds is 5. The highest BCUT2D eigenvalue weighted by atomic mass is 16.6. The summed E-state index contributed by atoms with van der Waals surface area (Å²) in [6.45, 7) is 3.95. The third-order valence-electron chi connectivity index (χ3n) is 4.91. The Balaban J connectivity index is 1.77. The average molecular weight is 385 g/mol. The Morgan fingerprint density at radius 2 is 1.45 bits per heavy atom. The van der Waals surface area contributed by atoms with E-state index in [0.29, 0.717) is 0 Å². The number of benzene rings is 3. The van der Waals surface area contributed by atoms with Crippen LogP contribution in [-0.2, 0) is 0 Å². The second-order valence-electron chi connectivity index (χ2n) is 6.70. The molecule has 0 radical (unpaired) electrons. The van der Waals surface area contributed by atoms with Crippen LogP contribution in [0.25, 0.3) is 10.8 Å². The molecule has 4 aromatic rings. The summed E-state index contributed by atoms with van der Waals surface area (Å²) in [4.78, 5) is 19.7. The summed E-state index contributed by atoms with van der Waals surface area (Å²) < 4.78 is 0. The van der Waals surface area contributed by atoms with Gasteiger partial charge >= 0.3 is 5.69 Å². The van der Waals surface area contributed by atoms with Gasteiger partial charge in [-0.3, -0.25) is 10.1 Å². The Labute approximate surface area is 167 Å². The van der Waals surface area contributed by atoms with E-state index in [2.05, 4.69) is 20.6 Å². The standard InChI is InChI=1S/C22H19N5O2/c1-14-7-5-11-18(15(14)2)25-21-20(27(28)29)22(24-13-23-21)26-19-12-6-9-16-8-3-4-10-17(16)19/h3-13H,1-2H3,(H2,23,24,25,26). The fraction of sp³-hybridized carbons (Fsp3) is 0.0909. The Morgan fingerprint density at radius 1 is 0.828 bits per heavy atom. The summed E-state index contributed by atoms with van der Waals surface area (Å²) in [6, 6.07) is 19.3. The maximum absolute atomic E-state index is 11.9. The van der Waals surface area contributed by atoms with Gasteiger partial charge in [0, 0.05) is 16.8 Å². The molecule has 29 heavy (non-hydrogen) atoms. The topological polar surface area (TPSA) is 93.0 Å². The Kier molecular flexibility index (Phi) is 4.78. The summed E-state index contributed by atoms with van der Waals surface area (Å²) in [6.07, 6.45) is 1.31. The maximum atomic E-state index is 11.9.